The van der Waals surface area contributed by atoms with Crippen LogP contribution in [0.1, 0.15) is 35.2 Å². The van der Waals surface area contributed by atoms with Crippen molar-refractivity contribution < 1.29 is 9.53 Å². The predicted molar refractivity (Wildman–Crippen MR) is 84.2 cm³/mol. The lowest BCUT2D eigenvalue weighted by molar-refractivity contribution is 0.0972. The van der Waals surface area contributed by atoms with Gasteiger partial charge in [0.25, 0.3) is 0 Å². The molecule has 1 N–H and O–H groups in total. The molecule has 2 aromatic carbocycles. The molecule has 0 radical (unpaired) electrons. The van der Waals surface area contributed by atoms with E-state index in [9.17, 15) is 4.79 Å². The smallest absolute Gasteiger partial charge is 0.167 e. The Hall–Kier alpha value is -2.29. The third-order valence-electron chi connectivity index (χ3n) is 3.86. The highest BCUT2D eigenvalue weighted by Crippen LogP contribution is 2.34. The molecule has 3 heteroatoms. The number of hydrogen-bond donors (Lipinski definition) is 1. The van der Waals surface area contributed by atoms with E-state index < -0.39 is 0 Å². The van der Waals surface area contributed by atoms with Crippen molar-refractivity contribution >= 4 is 11.5 Å². The Morgan fingerprint density at radius 2 is 1.95 bits per heavy atom. The number of fused-ring (bicyclic) bond motifs is 1. The zero-order chi connectivity index (χ0) is 14.7. The van der Waals surface area contributed by atoms with Crippen molar-refractivity contribution in [2.75, 3.05) is 18.5 Å². The summed E-state index contributed by atoms with van der Waals surface area (Å²) in [7, 11) is 0. The number of para-hydroxylation sites is 2. The summed E-state index contributed by atoms with van der Waals surface area (Å²) < 4.78 is 5.56. The van der Waals surface area contributed by atoms with E-state index in [0.29, 0.717) is 24.3 Å². The summed E-state index contributed by atoms with van der Waals surface area (Å²) in [4.78, 5) is 12.6. The number of Topliss-reactive ketones (excluding diaryl/α,β-unsaturated/α-hetero) is 1. The molecule has 3 nitrogen and oxygen atoms in total. The summed E-state index contributed by atoms with van der Waals surface area (Å²) in [6, 6.07) is 15.7. The second-order valence-corrected chi connectivity index (χ2v) is 5.22. The lowest BCUT2D eigenvalue weighted by Crippen LogP contribution is -2.11. The van der Waals surface area contributed by atoms with Crippen LogP contribution in [0.3, 0.4) is 0 Å². The number of carbonyl (C=O) groups is 1. The van der Waals surface area contributed by atoms with Crippen molar-refractivity contribution in [1.29, 1.82) is 0 Å². The first-order chi connectivity index (χ1) is 10.3. The molecule has 0 aromatic heterocycles. The van der Waals surface area contributed by atoms with Crippen molar-refractivity contribution in [3.63, 3.8) is 0 Å². The van der Waals surface area contributed by atoms with Gasteiger partial charge in [-0.05, 0) is 30.7 Å². The van der Waals surface area contributed by atoms with Crippen LogP contribution in [0.2, 0.25) is 0 Å². The summed E-state index contributed by atoms with van der Waals surface area (Å²) in [5.74, 6) is 1.06. The number of ether oxygens (including phenoxy) is 1. The largest absolute Gasteiger partial charge is 0.493 e. The van der Waals surface area contributed by atoms with Crippen LogP contribution in [-0.2, 0) is 0 Å². The monoisotopic (exact) mass is 281 g/mol. The van der Waals surface area contributed by atoms with E-state index in [0.717, 1.165) is 12.2 Å². The Bertz CT molecular complexity index is 651. The van der Waals surface area contributed by atoms with Crippen molar-refractivity contribution in [2.45, 2.75) is 19.3 Å². The standard InChI is InChI=1S/C18H19NO2/c1-2-21-18-10-6-4-8-15(18)17(20)11-13-12-19-16-9-5-3-7-14(13)16/h3-10,13,19H,2,11-12H2,1H3. The summed E-state index contributed by atoms with van der Waals surface area (Å²) in [6.45, 7) is 3.32. The van der Waals surface area contributed by atoms with Crippen LogP contribution in [0.25, 0.3) is 0 Å². The topological polar surface area (TPSA) is 38.3 Å². The molecule has 0 fully saturated rings. The van der Waals surface area contributed by atoms with Crippen molar-refractivity contribution in [3.05, 3.63) is 59.7 Å². The molecule has 1 unspecified atom stereocenters. The van der Waals surface area contributed by atoms with E-state index in [1.165, 1.54) is 5.56 Å². The summed E-state index contributed by atoms with van der Waals surface area (Å²) in [6.07, 6.45) is 0.508. The van der Waals surface area contributed by atoms with Gasteiger partial charge in [0.1, 0.15) is 5.75 Å². The molecule has 1 aliphatic rings. The quantitative estimate of drug-likeness (QED) is 0.846. The van der Waals surface area contributed by atoms with E-state index in [1.54, 1.807) is 0 Å². The van der Waals surface area contributed by atoms with Crippen LogP contribution < -0.4 is 10.1 Å². The highest BCUT2D eigenvalue weighted by atomic mass is 16.5. The second-order valence-electron chi connectivity index (χ2n) is 5.22. The molecule has 0 spiro atoms. The second kappa shape index (κ2) is 6.00. The van der Waals surface area contributed by atoms with E-state index in [1.807, 2.05) is 43.3 Å². The maximum Gasteiger partial charge on any atom is 0.167 e. The number of nitrogens with one attached hydrogen (secondary N) is 1. The van der Waals surface area contributed by atoms with Crippen LogP contribution in [-0.4, -0.2) is 18.9 Å². The van der Waals surface area contributed by atoms with Crippen molar-refractivity contribution in [3.8, 4) is 5.75 Å². The van der Waals surface area contributed by atoms with Gasteiger partial charge >= 0.3 is 0 Å². The van der Waals surface area contributed by atoms with Gasteiger partial charge < -0.3 is 10.1 Å². The Morgan fingerprint density at radius 3 is 2.81 bits per heavy atom. The van der Waals surface area contributed by atoms with Gasteiger partial charge in [-0.1, -0.05) is 30.3 Å². The number of carbonyl (C=O) groups excluding carboxylic acids is 1. The third-order valence-corrected chi connectivity index (χ3v) is 3.86. The van der Waals surface area contributed by atoms with Gasteiger partial charge in [-0.15, -0.1) is 0 Å². The van der Waals surface area contributed by atoms with Crippen molar-refractivity contribution in [2.24, 2.45) is 0 Å². The van der Waals surface area contributed by atoms with E-state index >= 15 is 0 Å². The number of ketones is 1. The minimum Gasteiger partial charge on any atom is -0.493 e. The molecule has 1 atom stereocenters. The molecular weight excluding hydrogens is 262 g/mol. The Kier molecular flexibility index (Phi) is 3.91. The summed E-state index contributed by atoms with van der Waals surface area (Å²) in [5, 5.41) is 3.36. The Morgan fingerprint density at radius 1 is 1.19 bits per heavy atom. The fourth-order valence-corrected chi connectivity index (χ4v) is 2.85. The lowest BCUT2D eigenvalue weighted by atomic mass is 9.93. The van der Waals surface area contributed by atoms with Gasteiger partial charge in [-0.2, -0.15) is 0 Å². The molecule has 1 heterocycles. The maximum absolute atomic E-state index is 12.6. The number of rotatable bonds is 5. The fourth-order valence-electron chi connectivity index (χ4n) is 2.85. The lowest BCUT2D eigenvalue weighted by Gasteiger charge is -2.12. The molecule has 3 rings (SSSR count). The molecule has 0 saturated carbocycles. The average Bonchev–Trinajstić information content (AvgIpc) is 2.91. The summed E-state index contributed by atoms with van der Waals surface area (Å²) >= 11 is 0. The van der Waals surface area contributed by atoms with Gasteiger partial charge in [0.15, 0.2) is 5.78 Å². The Labute approximate surface area is 124 Å². The molecule has 2 aromatic rings. The fraction of sp³-hybridized carbons (Fsp3) is 0.278. The third kappa shape index (κ3) is 2.77. The maximum atomic E-state index is 12.6. The number of anilines is 1. The zero-order valence-corrected chi connectivity index (χ0v) is 12.1. The first-order valence-electron chi connectivity index (χ1n) is 7.37. The molecule has 0 bridgehead atoms. The minimum absolute atomic E-state index is 0.141. The predicted octanol–water partition coefficient (Wildman–Crippen LogP) is 3.87. The first kappa shape index (κ1) is 13.7. The van der Waals surface area contributed by atoms with E-state index in [-0.39, 0.29) is 11.7 Å². The highest BCUT2D eigenvalue weighted by molar-refractivity contribution is 5.99. The zero-order valence-electron chi connectivity index (χ0n) is 12.1. The van der Waals surface area contributed by atoms with Gasteiger partial charge in [0.05, 0.1) is 12.2 Å². The molecule has 21 heavy (non-hydrogen) atoms. The highest BCUT2D eigenvalue weighted by Gasteiger charge is 2.25. The molecular formula is C18H19NO2. The SMILES string of the molecule is CCOc1ccccc1C(=O)CC1CNc2ccccc21. The van der Waals surface area contributed by atoms with Crippen molar-refractivity contribution in [1.82, 2.24) is 0 Å². The van der Waals surface area contributed by atoms with Gasteiger partial charge in [-0.3, -0.25) is 4.79 Å². The van der Waals surface area contributed by atoms with Gasteiger partial charge in [0.2, 0.25) is 0 Å². The molecule has 1 aliphatic heterocycles. The number of hydrogen-bond acceptors (Lipinski definition) is 3. The van der Waals surface area contributed by atoms with Crippen LogP contribution in [0.15, 0.2) is 48.5 Å². The molecule has 0 amide bonds. The van der Waals surface area contributed by atoms with Crippen LogP contribution in [0, 0.1) is 0 Å². The van der Waals surface area contributed by atoms with E-state index in [2.05, 4.69) is 17.4 Å². The Balaban J connectivity index is 1.79. The van der Waals surface area contributed by atoms with Gasteiger partial charge in [-0.25, -0.2) is 0 Å². The summed E-state index contributed by atoms with van der Waals surface area (Å²) in [5.41, 5.74) is 3.07. The number of benzene rings is 2. The van der Waals surface area contributed by atoms with Crippen LogP contribution >= 0.6 is 0 Å². The van der Waals surface area contributed by atoms with Crippen LogP contribution in [0.5, 0.6) is 5.75 Å². The molecule has 108 valence electrons. The molecule has 0 aliphatic carbocycles. The minimum atomic E-state index is 0.141. The first-order valence-corrected chi connectivity index (χ1v) is 7.37. The average molecular weight is 281 g/mol. The van der Waals surface area contributed by atoms with Gasteiger partial charge in [0, 0.05) is 24.6 Å². The molecule has 0 saturated heterocycles. The van der Waals surface area contributed by atoms with E-state index in [4.69, 9.17) is 4.74 Å². The van der Waals surface area contributed by atoms with Crippen LogP contribution in [0.4, 0.5) is 5.69 Å². The normalized spacial score (nSPS) is 16.1.